The number of rotatable bonds is 8. The molecule has 1 rings (SSSR count). The molecule has 1 nitrogen and oxygen atoms in total. The lowest BCUT2D eigenvalue weighted by Gasteiger charge is -2.13. The molecule has 0 saturated carbocycles. The molecular formula is C15H24O. The van der Waals surface area contributed by atoms with Gasteiger partial charge in [-0.15, -0.1) is 0 Å². The Morgan fingerprint density at radius 1 is 1.06 bits per heavy atom. The molecule has 16 heavy (non-hydrogen) atoms. The fraction of sp³-hybridized carbons (Fsp3) is 0.600. The van der Waals surface area contributed by atoms with E-state index in [4.69, 9.17) is 0 Å². The average Bonchev–Trinajstić information content (AvgIpc) is 2.34. The zero-order valence-corrected chi connectivity index (χ0v) is 10.4. The van der Waals surface area contributed by atoms with Crippen LogP contribution in [0.4, 0.5) is 0 Å². The highest BCUT2D eigenvalue weighted by Gasteiger charge is 2.07. The van der Waals surface area contributed by atoms with Gasteiger partial charge in [0, 0.05) is 6.61 Å². The van der Waals surface area contributed by atoms with Crippen LogP contribution in [0, 0.1) is 5.92 Å². The van der Waals surface area contributed by atoms with Crippen molar-refractivity contribution in [2.75, 3.05) is 6.61 Å². The van der Waals surface area contributed by atoms with Gasteiger partial charge < -0.3 is 5.11 Å². The lowest BCUT2D eigenvalue weighted by atomic mass is 9.94. The standard InChI is InChI=1S/C15H24O/c1-2-3-4-6-11-15(13-16)12-14-9-7-5-8-10-14/h5,7-10,15-16H,2-4,6,11-13H2,1H3/t15-/m0/s1. The number of benzene rings is 1. The number of unbranched alkanes of at least 4 members (excludes halogenated alkanes) is 3. The zero-order valence-electron chi connectivity index (χ0n) is 10.4. The first-order valence-electron chi connectivity index (χ1n) is 6.51. The average molecular weight is 220 g/mol. The van der Waals surface area contributed by atoms with E-state index in [1.165, 1.54) is 31.2 Å². The van der Waals surface area contributed by atoms with Crippen LogP contribution in [0.2, 0.25) is 0 Å². The van der Waals surface area contributed by atoms with Gasteiger partial charge >= 0.3 is 0 Å². The summed E-state index contributed by atoms with van der Waals surface area (Å²) in [7, 11) is 0. The summed E-state index contributed by atoms with van der Waals surface area (Å²) in [4.78, 5) is 0. The van der Waals surface area contributed by atoms with Crippen LogP contribution >= 0.6 is 0 Å². The molecule has 90 valence electrons. The Morgan fingerprint density at radius 3 is 2.44 bits per heavy atom. The SMILES string of the molecule is CCCCCC[C@H](CO)Cc1ccccc1. The summed E-state index contributed by atoms with van der Waals surface area (Å²) in [5, 5.41) is 9.34. The monoisotopic (exact) mass is 220 g/mol. The third kappa shape index (κ3) is 5.32. The largest absolute Gasteiger partial charge is 0.396 e. The van der Waals surface area contributed by atoms with Gasteiger partial charge in [-0.25, -0.2) is 0 Å². The molecule has 0 aliphatic rings. The van der Waals surface area contributed by atoms with E-state index in [2.05, 4.69) is 31.2 Å². The van der Waals surface area contributed by atoms with Gasteiger partial charge in [-0.3, -0.25) is 0 Å². The Kier molecular flexibility index (Phi) is 6.91. The minimum Gasteiger partial charge on any atom is -0.396 e. The highest BCUT2D eigenvalue weighted by molar-refractivity contribution is 5.15. The fourth-order valence-corrected chi connectivity index (χ4v) is 2.07. The molecule has 0 aliphatic carbocycles. The Morgan fingerprint density at radius 2 is 1.81 bits per heavy atom. The number of hydrogen-bond donors (Lipinski definition) is 1. The van der Waals surface area contributed by atoms with Crippen molar-refractivity contribution in [3.63, 3.8) is 0 Å². The summed E-state index contributed by atoms with van der Waals surface area (Å²) in [5.41, 5.74) is 1.34. The molecule has 1 atom stereocenters. The van der Waals surface area contributed by atoms with E-state index in [1.807, 2.05) is 6.07 Å². The van der Waals surface area contributed by atoms with Crippen LogP contribution in [0.1, 0.15) is 44.6 Å². The van der Waals surface area contributed by atoms with Gasteiger partial charge in [-0.2, -0.15) is 0 Å². The number of aliphatic hydroxyl groups excluding tert-OH is 1. The van der Waals surface area contributed by atoms with Crippen LogP contribution in [0.5, 0.6) is 0 Å². The maximum absolute atomic E-state index is 9.34. The molecule has 0 saturated heterocycles. The molecule has 1 aromatic carbocycles. The first-order valence-corrected chi connectivity index (χ1v) is 6.51. The third-order valence-corrected chi connectivity index (χ3v) is 3.09. The maximum Gasteiger partial charge on any atom is 0.0462 e. The quantitative estimate of drug-likeness (QED) is 0.660. The normalized spacial score (nSPS) is 12.6. The molecule has 0 amide bonds. The summed E-state index contributed by atoms with van der Waals surface area (Å²) in [6.07, 6.45) is 7.34. The molecule has 0 heterocycles. The van der Waals surface area contributed by atoms with Gasteiger partial charge in [0.15, 0.2) is 0 Å². The predicted molar refractivity (Wildman–Crippen MR) is 69.5 cm³/mol. The van der Waals surface area contributed by atoms with E-state index in [-0.39, 0.29) is 0 Å². The highest BCUT2D eigenvalue weighted by Crippen LogP contribution is 2.15. The highest BCUT2D eigenvalue weighted by atomic mass is 16.3. The summed E-state index contributed by atoms with van der Waals surface area (Å²) >= 11 is 0. The van der Waals surface area contributed by atoms with Crippen molar-refractivity contribution in [1.29, 1.82) is 0 Å². The van der Waals surface area contributed by atoms with Crippen LogP contribution in [-0.2, 0) is 6.42 Å². The molecule has 1 N–H and O–H groups in total. The summed E-state index contributed by atoms with van der Waals surface area (Å²) in [6.45, 7) is 2.55. The molecule has 1 aromatic rings. The minimum atomic E-state index is 0.320. The molecule has 0 spiro atoms. The van der Waals surface area contributed by atoms with Crippen LogP contribution in [0.15, 0.2) is 30.3 Å². The molecule has 0 bridgehead atoms. The Labute approximate surface area is 99.5 Å². The van der Waals surface area contributed by atoms with Gasteiger partial charge in [0.05, 0.1) is 0 Å². The summed E-state index contributed by atoms with van der Waals surface area (Å²) in [6, 6.07) is 10.5. The van der Waals surface area contributed by atoms with Gasteiger partial charge in [0.25, 0.3) is 0 Å². The molecule has 0 unspecified atom stereocenters. The number of aliphatic hydroxyl groups is 1. The van der Waals surface area contributed by atoms with Crippen LogP contribution < -0.4 is 0 Å². The van der Waals surface area contributed by atoms with Crippen molar-refractivity contribution in [2.24, 2.45) is 5.92 Å². The topological polar surface area (TPSA) is 20.2 Å². The summed E-state index contributed by atoms with van der Waals surface area (Å²) in [5.74, 6) is 0.444. The molecule has 1 heteroatoms. The molecular weight excluding hydrogens is 196 g/mol. The van der Waals surface area contributed by atoms with Crippen LogP contribution in [0.3, 0.4) is 0 Å². The smallest absolute Gasteiger partial charge is 0.0462 e. The van der Waals surface area contributed by atoms with E-state index in [0.717, 1.165) is 12.8 Å². The maximum atomic E-state index is 9.34. The van der Waals surface area contributed by atoms with Crippen molar-refractivity contribution >= 4 is 0 Å². The van der Waals surface area contributed by atoms with E-state index >= 15 is 0 Å². The zero-order chi connectivity index (χ0) is 11.6. The molecule has 0 aliphatic heterocycles. The molecule has 0 radical (unpaired) electrons. The van der Waals surface area contributed by atoms with Gasteiger partial charge in [-0.1, -0.05) is 62.9 Å². The third-order valence-electron chi connectivity index (χ3n) is 3.09. The predicted octanol–water partition coefficient (Wildman–Crippen LogP) is 3.81. The molecule has 0 aromatic heterocycles. The van der Waals surface area contributed by atoms with Gasteiger partial charge in [-0.05, 0) is 24.3 Å². The fourth-order valence-electron chi connectivity index (χ4n) is 2.07. The van der Waals surface area contributed by atoms with Crippen LogP contribution in [0.25, 0.3) is 0 Å². The van der Waals surface area contributed by atoms with Gasteiger partial charge in [0.1, 0.15) is 0 Å². The second-order valence-corrected chi connectivity index (χ2v) is 4.59. The van der Waals surface area contributed by atoms with E-state index in [9.17, 15) is 5.11 Å². The van der Waals surface area contributed by atoms with Crippen LogP contribution in [-0.4, -0.2) is 11.7 Å². The van der Waals surface area contributed by atoms with E-state index < -0.39 is 0 Å². The minimum absolute atomic E-state index is 0.320. The van der Waals surface area contributed by atoms with Crippen molar-refractivity contribution < 1.29 is 5.11 Å². The van der Waals surface area contributed by atoms with E-state index in [1.54, 1.807) is 0 Å². The van der Waals surface area contributed by atoms with E-state index in [0.29, 0.717) is 12.5 Å². The summed E-state index contributed by atoms with van der Waals surface area (Å²) < 4.78 is 0. The lowest BCUT2D eigenvalue weighted by Crippen LogP contribution is -2.09. The number of hydrogen-bond acceptors (Lipinski definition) is 1. The van der Waals surface area contributed by atoms with Crippen molar-refractivity contribution in [3.05, 3.63) is 35.9 Å². The lowest BCUT2D eigenvalue weighted by molar-refractivity contribution is 0.214. The van der Waals surface area contributed by atoms with Crippen molar-refractivity contribution in [2.45, 2.75) is 45.4 Å². The second-order valence-electron chi connectivity index (χ2n) is 4.59. The second kappa shape index (κ2) is 8.35. The Bertz CT molecular complexity index is 255. The first-order chi connectivity index (χ1) is 7.86. The van der Waals surface area contributed by atoms with Gasteiger partial charge in [0.2, 0.25) is 0 Å². The Balaban J connectivity index is 2.26. The molecule has 0 fully saturated rings. The first kappa shape index (κ1) is 13.2. The van der Waals surface area contributed by atoms with Crippen molar-refractivity contribution in [1.82, 2.24) is 0 Å². The van der Waals surface area contributed by atoms with Crippen molar-refractivity contribution in [3.8, 4) is 0 Å². The Hall–Kier alpha value is -0.820.